The third-order valence-corrected chi connectivity index (χ3v) is 9.06. The normalized spacial score (nSPS) is 15.7. The average molecular weight is 495 g/mol. The van der Waals surface area contributed by atoms with Crippen LogP contribution in [0.5, 0.6) is 0 Å². The molecular weight excluding hydrogens is 469 g/mol. The first-order chi connectivity index (χ1) is 15.5. The quantitative estimate of drug-likeness (QED) is 0.449. The lowest BCUT2D eigenvalue weighted by atomic mass is 10.0. The molecule has 4 rings (SSSR count). The molecule has 2 aromatic carbocycles. The third-order valence-electron chi connectivity index (χ3n) is 5.85. The Balaban J connectivity index is 1.42. The molecule has 0 bridgehead atoms. The second-order valence-electron chi connectivity index (χ2n) is 8.55. The van der Waals surface area contributed by atoms with Crippen LogP contribution in [0.15, 0.2) is 52.7 Å². The minimum atomic E-state index is -4.57. The van der Waals surface area contributed by atoms with E-state index >= 15 is 0 Å². The van der Waals surface area contributed by atoms with Gasteiger partial charge >= 0.3 is 6.18 Å². The topological polar surface area (TPSA) is 50.3 Å². The van der Waals surface area contributed by atoms with Gasteiger partial charge in [-0.05, 0) is 50.5 Å². The van der Waals surface area contributed by atoms with Gasteiger partial charge in [0.25, 0.3) is 0 Å². The van der Waals surface area contributed by atoms with E-state index in [-0.39, 0.29) is 4.90 Å². The van der Waals surface area contributed by atoms with Gasteiger partial charge in [0.15, 0.2) is 15.0 Å². The number of aromatic nitrogens is 1. The number of halogens is 3. The second-order valence-corrected chi connectivity index (χ2v) is 11.6. The van der Waals surface area contributed by atoms with Crippen LogP contribution in [-0.4, -0.2) is 31.7 Å². The zero-order valence-electron chi connectivity index (χ0n) is 18.4. The number of nitrogens with zero attached hydrogens (tertiary/aromatic N) is 2. The van der Waals surface area contributed by atoms with Gasteiger partial charge in [-0.1, -0.05) is 35.4 Å². The van der Waals surface area contributed by atoms with Crippen LogP contribution in [-0.2, 0) is 22.4 Å². The van der Waals surface area contributed by atoms with Gasteiger partial charge in [0.05, 0.1) is 21.4 Å². The van der Waals surface area contributed by atoms with Crippen LogP contribution >= 0.6 is 11.3 Å². The van der Waals surface area contributed by atoms with E-state index in [1.165, 1.54) is 34.1 Å². The molecule has 0 radical (unpaired) electrons. The fraction of sp³-hybridized carbons (Fsp3) is 0.375. The number of alkyl halides is 3. The van der Waals surface area contributed by atoms with Gasteiger partial charge in [0.2, 0.25) is 0 Å². The Morgan fingerprint density at radius 2 is 1.73 bits per heavy atom. The van der Waals surface area contributed by atoms with Crippen molar-refractivity contribution < 1.29 is 21.6 Å². The van der Waals surface area contributed by atoms with E-state index in [2.05, 4.69) is 36.9 Å². The van der Waals surface area contributed by atoms with Crippen LogP contribution in [0, 0.1) is 13.8 Å². The van der Waals surface area contributed by atoms with Crippen LogP contribution in [0.25, 0.3) is 0 Å². The van der Waals surface area contributed by atoms with Gasteiger partial charge in [-0.3, -0.25) is 0 Å². The lowest BCUT2D eigenvalue weighted by Crippen LogP contribution is -2.39. The van der Waals surface area contributed by atoms with Crippen molar-refractivity contribution >= 4 is 26.3 Å². The van der Waals surface area contributed by atoms with Crippen LogP contribution in [0.2, 0.25) is 0 Å². The molecule has 0 spiro atoms. The predicted molar refractivity (Wildman–Crippen MR) is 125 cm³/mol. The average Bonchev–Trinajstić information content (AvgIpc) is 3.21. The standard InChI is InChI=1S/C24H25F3N2O2S2/c1-16-10-17(2)12-18(11-16)13-20-15-32-23(28-20)29-8-6-21(7-9-29)33(30,31)22-5-3-4-19(14-22)24(25,26)27/h3-5,10-12,14-15,21H,6-9,13H2,1-2H3. The molecule has 9 heteroatoms. The molecule has 1 saturated heterocycles. The Labute approximate surface area is 196 Å². The van der Waals surface area contributed by atoms with E-state index in [4.69, 9.17) is 4.98 Å². The predicted octanol–water partition coefficient (Wildman–Crippen LogP) is 5.81. The smallest absolute Gasteiger partial charge is 0.348 e. The van der Waals surface area contributed by atoms with E-state index in [9.17, 15) is 21.6 Å². The van der Waals surface area contributed by atoms with Gasteiger partial charge in [-0.2, -0.15) is 13.2 Å². The van der Waals surface area contributed by atoms with E-state index in [0.29, 0.717) is 25.9 Å². The monoisotopic (exact) mass is 494 g/mol. The van der Waals surface area contributed by atoms with Gasteiger partial charge in [0.1, 0.15) is 0 Å². The molecule has 0 amide bonds. The van der Waals surface area contributed by atoms with Gasteiger partial charge in [0, 0.05) is 24.9 Å². The molecule has 1 aliphatic heterocycles. The summed E-state index contributed by atoms with van der Waals surface area (Å²) in [5, 5.41) is 2.18. The number of aryl methyl sites for hydroxylation is 2. The van der Waals surface area contributed by atoms with E-state index in [1.807, 2.05) is 5.38 Å². The van der Waals surface area contributed by atoms with Crippen LogP contribution in [0.4, 0.5) is 18.3 Å². The van der Waals surface area contributed by atoms with E-state index < -0.39 is 26.8 Å². The van der Waals surface area contributed by atoms with E-state index in [1.54, 1.807) is 0 Å². The Bertz CT molecular complexity index is 1220. The molecule has 0 unspecified atom stereocenters. The second kappa shape index (κ2) is 9.10. The zero-order valence-corrected chi connectivity index (χ0v) is 20.0. The van der Waals surface area contributed by atoms with Crippen molar-refractivity contribution in [2.24, 2.45) is 0 Å². The molecule has 176 valence electrons. The SMILES string of the molecule is Cc1cc(C)cc(Cc2csc(N3CCC(S(=O)(=O)c4cccc(C(F)(F)F)c4)CC3)n2)c1. The molecule has 4 nitrogen and oxygen atoms in total. The first-order valence-electron chi connectivity index (χ1n) is 10.7. The number of sulfone groups is 1. The summed E-state index contributed by atoms with van der Waals surface area (Å²) < 4.78 is 65.0. The Morgan fingerprint density at radius 1 is 1.06 bits per heavy atom. The fourth-order valence-corrected chi connectivity index (χ4v) is 6.96. The highest BCUT2D eigenvalue weighted by Crippen LogP contribution is 2.33. The lowest BCUT2D eigenvalue weighted by Gasteiger charge is -2.31. The molecule has 0 saturated carbocycles. The van der Waals surface area contributed by atoms with Gasteiger partial charge < -0.3 is 4.90 Å². The first kappa shape index (κ1) is 23.8. The summed E-state index contributed by atoms with van der Waals surface area (Å²) in [5.41, 5.74) is 3.66. The number of anilines is 1. The molecule has 0 atom stereocenters. The van der Waals surface area contributed by atoms with Crippen molar-refractivity contribution in [2.45, 2.75) is 49.4 Å². The minimum Gasteiger partial charge on any atom is -0.348 e. The van der Waals surface area contributed by atoms with Crippen LogP contribution in [0.1, 0.15) is 40.8 Å². The molecule has 0 aliphatic carbocycles. The number of rotatable bonds is 5. The minimum absolute atomic E-state index is 0.263. The van der Waals surface area contributed by atoms with E-state index in [0.717, 1.165) is 35.4 Å². The van der Waals surface area contributed by atoms with Crippen molar-refractivity contribution in [2.75, 3.05) is 18.0 Å². The lowest BCUT2D eigenvalue weighted by molar-refractivity contribution is -0.137. The van der Waals surface area contributed by atoms with Crippen LogP contribution in [0.3, 0.4) is 0 Å². The van der Waals surface area contributed by atoms with Gasteiger partial charge in [-0.15, -0.1) is 11.3 Å². The van der Waals surface area contributed by atoms with Crippen molar-refractivity contribution in [1.82, 2.24) is 4.98 Å². The number of benzene rings is 2. The zero-order chi connectivity index (χ0) is 23.8. The van der Waals surface area contributed by atoms with Crippen molar-refractivity contribution in [3.8, 4) is 0 Å². The maximum Gasteiger partial charge on any atom is 0.416 e. The molecule has 0 N–H and O–H groups in total. The molecule has 1 fully saturated rings. The summed E-state index contributed by atoms with van der Waals surface area (Å²) in [4.78, 5) is 6.54. The molecule has 3 aromatic rings. The molecule has 1 aliphatic rings. The Morgan fingerprint density at radius 3 is 2.36 bits per heavy atom. The maximum absolute atomic E-state index is 13.0. The van der Waals surface area contributed by atoms with Gasteiger partial charge in [-0.25, -0.2) is 13.4 Å². The highest BCUT2D eigenvalue weighted by atomic mass is 32.2. The largest absolute Gasteiger partial charge is 0.416 e. The molecule has 2 heterocycles. The fourth-order valence-electron chi connectivity index (χ4n) is 4.30. The molecule has 1 aromatic heterocycles. The summed E-state index contributed by atoms with van der Waals surface area (Å²) in [5.74, 6) is 0. The van der Waals surface area contributed by atoms with Crippen molar-refractivity contribution in [1.29, 1.82) is 0 Å². The summed E-state index contributed by atoms with van der Waals surface area (Å²) in [6, 6.07) is 10.5. The highest BCUT2D eigenvalue weighted by Gasteiger charge is 2.35. The first-order valence-corrected chi connectivity index (χ1v) is 13.1. The third kappa shape index (κ3) is 5.41. The summed E-state index contributed by atoms with van der Waals surface area (Å²) in [6.45, 7) is 5.14. The number of hydrogen-bond donors (Lipinski definition) is 0. The molecule has 33 heavy (non-hydrogen) atoms. The number of thiazole rings is 1. The number of hydrogen-bond acceptors (Lipinski definition) is 5. The number of piperidine rings is 1. The van der Waals surface area contributed by atoms with Crippen molar-refractivity contribution in [3.05, 3.63) is 75.8 Å². The summed E-state index contributed by atoms with van der Waals surface area (Å²) >= 11 is 1.53. The Hall–Kier alpha value is -2.39. The summed E-state index contributed by atoms with van der Waals surface area (Å²) in [6.07, 6.45) is -3.14. The highest BCUT2D eigenvalue weighted by molar-refractivity contribution is 7.92. The molecular formula is C24H25F3N2O2S2. The van der Waals surface area contributed by atoms with Crippen molar-refractivity contribution in [3.63, 3.8) is 0 Å². The Kier molecular flexibility index (Phi) is 6.55. The maximum atomic E-state index is 13.0. The summed E-state index contributed by atoms with van der Waals surface area (Å²) in [7, 11) is -3.84. The van der Waals surface area contributed by atoms with Crippen LogP contribution < -0.4 is 4.90 Å².